The smallest absolute Gasteiger partial charge is 0.323 e. The number of benzene rings is 1. The number of nitrogens with one attached hydrogen (secondary N) is 5. The van der Waals surface area contributed by atoms with Crippen molar-refractivity contribution in [3.05, 3.63) is 24.3 Å². The maximum Gasteiger partial charge on any atom is 0.323 e. The number of carbonyl (C=O) groups excluding carboxylic acids is 2. The fraction of sp³-hybridized carbons (Fsp3) is 0.643. The Bertz CT molecular complexity index is 1250. The summed E-state index contributed by atoms with van der Waals surface area (Å²) >= 11 is 0.926. The summed E-state index contributed by atoms with van der Waals surface area (Å²) in [6.45, 7) is 3.22. The molecule has 1 atom stereocenters. The molecule has 0 radical (unpaired) electrons. The highest BCUT2D eigenvalue weighted by atomic mass is 32.2. The summed E-state index contributed by atoms with van der Waals surface area (Å²) in [6.07, 6.45) is 7.95. The van der Waals surface area contributed by atoms with Gasteiger partial charge in [-0.15, -0.1) is 11.3 Å². The van der Waals surface area contributed by atoms with Crippen molar-refractivity contribution in [1.29, 1.82) is 0 Å². The van der Waals surface area contributed by atoms with Crippen LogP contribution in [0.15, 0.2) is 28.6 Å². The number of amides is 2. The Hall–Kier alpha value is -2.65. The zero-order valence-electron chi connectivity index (χ0n) is 23.8. The summed E-state index contributed by atoms with van der Waals surface area (Å²) in [4.78, 5) is 41.6. The summed E-state index contributed by atoms with van der Waals surface area (Å²) in [5.74, 6) is -1.19. The maximum atomic E-state index is 13.2. The summed E-state index contributed by atoms with van der Waals surface area (Å²) in [5, 5.41) is 21.5. The number of carbonyl (C=O) groups is 3. The first-order valence-corrected chi connectivity index (χ1v) is 17.1. The van der Waals surface area contributed by atoms with Gasteiger partial charge in [0.05, 0.1) is 16.8 Å². The van der Waals surface area contributed by atoms with E-state index in [2.05, 4.69) is 31.0 Å². The van der Waals surface area contributed by atoms with Crippen molar-refractivity contribution in [2.45, 2.75) is 61.7 Å². The standard InChI is InChI=1S/C28H42N6O6S2/c35-25(31-17-23(27(37)38)34-42(39,40)28-33-22-3-1-2-4-24(22)41-28)18-32-26(36)21(7-5-19-9-13-29-14-10-19)8-6-20-11-15-30-16-12-20/h1-4,19-21,23,29-30,34H,5-18H2,(H,31,35)(H,32,36)(H,37,38). The molecule has 2 aromatic rings. The molecule has 1 aromatic carbocycles. The van der Waals surface area contributed by atoms with Crippen LogP contribution in [0.4, 0.5) is 0 Å². The summed E-state index contributed by atoms with van der Waals surface area (Å²) in [6, 6.07) is 5.26. The first kappa shape index (κ1) is 32.3. The quantitative estimate of drug-likeness (QED) is 0.171. The molecule has 2 aliphatic heterocycles. The van der Waals surface area contributed by atoms with E-state index >= 15 is 0 Å². The SMILES string of the molecule is O=C(CNC(=O)C(CCC1CCNCC1)CCC1CCNCC1)NCC(NS(=O)(=O)c1nc2ccccc2s1)C(=O)O. The second-order valence-electron chi connectivity index (χ2n) is 11.2. The molecule has 2 saturated heterocycles. The molecular formula is C28H42N6O6S2. The van der Waals surface area contributed by atoms with Gasteiger partial charge in [0, 0.05) is 12.5 Å². The summed E-state index contributed by atoms with van der Waals surface area (Å²) < 4.78 is 28.1. The number of thiazole rings is 1. The van der Waals surface area contributed by atoms with Crippen LogP contribution in [0.1, 0.15) is 51.4 Å². The lowest BCUT2D eigenvalue weighted by molar-refractivity contribution is -0.139. The molecule has 0 bridgehead atoms. The van der Waals surface area contributed by atoms with E-state index in [1.165, 1.54) is 0 Å². The van der Waals surface area contributed by atoms with E-state index in [9.17, 15) is 27.9 Å². The fourth-order valence-corrected chi connectivity index (χ4v) is 8.02. The second kappa shape index (κ2) is 15.7. The van der Waals surface area contributed by atoms with E-state index < -0.39 is 34.5 Å². The predicted molar refractivity (Wildman–Crippen MR) is 161 cm³/mol. The van der Waals surface area contributed by atoms with Crippen LogP contribution in [0, 0.1) is 17.8 Å². The number of nitrogens with zero attached hydrogens (tertiary/aromatic N) is 1. The number of fused-ring (bicyclic) bond motifs is 1. The number of carboxylic acids is 1. The Kier molecular flexibility index (Phi) is 12.1. The molecule has 42 heavy (non-hydrogen) atoms. The number of rotatable bonds is 15. The average Bonchev–Trinajstić information content (AvgIpc) is 3.45. The first-order chi connectivity index (χ1) is 20.2. The molecule has 232 valence electrons. The third-order valence-corrected chi connectivity index (χ3v) is 11.0. The topological polar surface area (TPSA) is 179 Å². The zero-order chi connectivity index (χ0) is 30.0. The normalized spacial score (nSPS) is 17.7. The molecular weight excluding hydrogens is 580 g/mol. The Morgan fingerprint density at radius 3 is 2.12 bits per heavy atom. The van der Waals surface area contributed by atoms with Crippen molar-refractivity contribution < 1.29 is 27.9 Å². The number of para-hydroxylation sites is 1. The molecule has 2 aliphatic rings. The Labute approximate surface area is 250 Å². The lowest BCUT2D eigenvalue weighted by Gasteiger charge is -2.27. The molecule has 4 rings (SSSR count). The number of sulfonamides is 1. The Morgan fingerprint density at radius 2 is 1.55 bits per heavy atom. The maximum absolute atomic E-state index is 13.2. The van der Waals surface area contributed by atoms with Gasteiger partial charge in [0.2, 0.25) is 16.2 Å². The zero-order valence-corrected chi connectivity index (χ0v) is 25.4. The van der Waals surface area contributed by atoms with Crippen LogP contribution in [-0.4, -0.2) is 81.6 Å². The van der Waals surface area contributed by atoms with Crippen LogP contribution < -0.4 is 26.0 Å². The molecule has 3 heterocycles. The molecule has 1 aromatic heterocycles. The number of aromatic nitrogens is 1. The van der Waals surface area contributed by atoms with Crippen molar-refractivity contribution in [2.24, 2.45) is 17.8 Å². The Balaban J connectivity index is 1.27. The van der Waals surface area contributed by atoms with Crippen molar-refractivity contribution in [1.82, 2.24) is 31.0 Å². The number of hydrogen-bond donors (Lipinski definition) is 6. The lowest BCUT2D eigenvalue weighted by Crippen LogP contribution is -2.50. The van der Waals surface area contributed by atoms with Crippen LogP contribution in [0.2, 0.25) is 0 Å². The van der Waals surface area contributed by atoms with Gasteiger partial charge < -0.3 is 26.4 Å². The lowest BCUT2D eigenvalue weighted by atomic mass is 9.84. The van der Waals surface area contributed by atoms with Gasteiger partial charge in [-0.25, -0.2) is 13.4 Å². The molecule has 0 saturated carbocycles. The van der Waals surface area contributed by atoms with Crippen molar-refractivity contribution in [3.8, 4) is 0 Å². The third kappa shape index (κ3) is 9.69. The summed E-state index contributed by atoms with van der Waals surface area (Å²) in [5.41, 5.74) is 0.489. The van der Waals surface area contributed by atoms with Crippen molar-refractivity contribution >= 4 is 49.4 Å². The molecule has 6 N–H and O–H groups in total. The van der Waals surface area contributed by atoms with Gasteiger partial charge in [0.15, 0.2) is 0 Å². The molecule has 0 aliphatic carbocycles. The molecule has 0 spiro atoms. The van der Waals surface area contributed by atoms with E-state index in [4.69, 9.17) is 0 Å². The Morgan fingerprint density at radius 1 is 0.952 bits per heavy atom. The van der Waals surface area contributed by atoms with Crippen LogP contribution in [0.25, 0.3) is 10.2 Å². The first-order valence-electron chi connectivity index (χ1n) is 14.8. The third-order valence-electron chi connectivity index (χ3n) is 8.16. The highest BCUT2D eigenvalue weighted by molar-refractivity contribution is 7.91. The van der Waals surface area contributed by atoms with Crippen LogP contribution in [0.3, 0.4) is 0 Å². The highest BCUT2D eigenvalue weighted by Gasteiger charge is 2.29. The van der Waals surface area contributed by atoms with Gasteiger partial charge in [-0.3, -0.25) is 14.4 Å². The van der Waals surface area contributed by atoms with E-state index in [1.54, 1.807) is 24.3 Å². The molecule has 12 nitrogen and oxygen atoms in total. The van der Waals surface area contributed by atoms with E-state index in [-0.39, 0.29) is 22.7 Å². The largest absolute Gasteiger partial charge is 0.480 e. The van der Waals surface area contributed by atoms with E-state index in [1.807, 2.05) is 0 Å². The van der Waals surface area contributed by atoms with Gasteiger partial charge >= 0.3 is 5.97 Å². The minimum absolute atomic E-state index is 0.167. The van der Waals surface area contributed by atoms with E-state index in [0.717, 1.165) is 88.9 Å². The number of aliphatic carboxylic acids is 1. The van der Waals surface area contributed by atoms with Crippen LogP contribution >= 0.6 is 11.3 Å². The minimum atomic E-state index is -4.24. The predicted octanol–water partition coefficient (Wildman–Crippen LogP) is 1.44. The van der Waals surface area contributed by atoms with Gasteiger partial charge in [-0.2, -0.15) is 4.72 Å². The highest BCUT2D eigenvalue weighted by Crippen LogP contribution is 2.27. The second-order valence-corrected chi connectivity index (χ2v) is 14.1. The van der Waals surface area contributed by atoms with Gasteiger partial charge in [-0.05, 0) is 102 Å². The molecule has 1 unspecified atom stereocenters. The average molecular weight is 623 g/mol. The monoisotopic (exact) mass is 622 g/mol. The van der Waals surface area contributed by atoms with Gasteiger partial charge in [0.25, 0.3) is 10.0 Å². The van der Waals surface area contributed by atoms with E-state index in [0.29, 0.717) is 22.1 Å². The minimum Gasteiger partial charge on any atom is -0.480 e. The van der Waals surface area contributed by atoms with Crippen molar-refractivity contribution in [2.75, 3.05) is 39.3 Å². The molecule has 14 heteroatoms. The van der Waals surface area contributed by atoms with Crippen LogP contribution in [-0.2, 0) is 24.4 Å². The van der Waals surface area contributed by atoms with Crippen molar-refractivity contribution in [3.63, 3.8) is 0 Å². The van der Waals surface area contributed by atoms with Crippen LogP contribution in [0.5, 0.6) is 0 Å². The number of hydrogen-bond acceptors (Lipinski definition) is 9. The molecule has 2 amide bonds. The number of carboxylic acid groups (broad SMARTS) is 1. The van der Waals surface area contributed by atoms with Gasteiger partial charge in [-0.1, -0.05) is 12.1 Å². The van der Waals surface area contributed by atoms with Gasteiger partial charge in [0.1, 0.15) is 6.04 Å². The number of piperidine rings is 2. The fourth-order valence-electron chi connectivity index (χ4n) is 5.59. The molecule has 2 fully saturated rings. The summed E-state index contributed by atoms with van der Waals surface area (Å²) in [7, 11) is -4.24.